The Hall–Kier alpha value is -2.71. The Morgan fingerprint density at radius 3 is 2.43 bits per heavy atom. The third-order valence-electron chi connectivity index (χ3n) is 5.07. The SMILES string of the molecule is COC(=O)c1c(NC(=S)Nc2c(C)nn(Cc3ccc(C)cc3)c2C)sc(C)c1C. The predicted molar refractivity (Wildman–Crippen MR) is 127 cm³/mol. The second-order valence-electron chi connectivity index (χ2n) is 7.25. The molecule has 2 heterocycles. The van der Waals surface area contributed by atoms with Crippen molar-refractivity contribution in [3.8, 4) is 0 Å². The van der Waals surface area contributed by atoms with Crippen LogP contribution < -0.4 is 10.6 Å². The van der Waals surface area contributed by atoms with Crippen molar-refractivity contribution in [1.82, 2.24) is 9.78 Å². The zero-order valence-corrected chi connectivity index (χ0v) is 19.7. The molecule has 158 valence electrons. The van der Waals surface area contributed by atoms with Gasteiger partial charge < -0.3 is 15.4 Å². The van der Waals surface area contributed by atoms with Crippen LogP contribution in [0.2, 0.25) is 0 Å². The molecule has 0 saturated heterocycles. The number of methoxy groups -OCH3 is 1. The van der Waals surface area contributed by atoms with Gasteiger partial charge in [0.2, 0.25) is 0 Å². The van der Waals surface area contributed by atoms with Gasteiger partial charge in [0, 0.05) is 4.88 Å². The number of thiophene rings is 1. The first-order chi connectivity index (χ1) is 14.2. The van der Waals surface area contributed by atoms with Gasteiger partial charge in [0.15, 0.2) is 5.11 Å². The first kappa shape index (κ1) is 22.0. The lowest BCUT2D eigenvalue weighted by atomic mass is 10.1. The summed E-state index contributed by atoms with van der Waals surface area (Å²) < 4.78 is 6.89. The molecule has 30 heavy (non-hydrogen) atoms. The van der Waals surface area contributed by atoms with Gasteiger partial charge in [-0.25, -0.2) is 4.79 Å². The van der Waals surface area contributed by atoms with E-state index in [2.05, 4.69) is 46.9 Å². The maximum Gasteiger partial charge on any atom is 0.341 e. The van der Waals surface area contributed by atoms with Crippen LogP contribution in [0.25, 0.3) is 0 Å². The number of rotatable bonds is 5. The number of benzene rings is 1. The lowest BCUT2D eigenvalue weighted by molar-refractivity contribution is 0.0601. The summed E-state index contributed by atoms with van der Waals surface area (Å²) in [6, 6.07) is 8.42. The normalized spacial score (nSPS) is 10.7. The number of nitrogens with one attached hydrogen (secondary N) is 2. The van der Waals surface area contributed by atoms with E-state index in [-0.39, 0.29) is 5.97 Å². The van der Waals surface area contributed by atoms with E-state index in [1.165, 1.54) is 29.6 Å². The summed E-state index contributed by atoms with van der Waals surface area (Å²) in [7, 11) is 1.38. The van der Waals surface area contributed by atoms with Crippen LogP contribution in [0.5, 0.6) is 0 Å². The van der Waals surface area contributed by atoms with E-state index in [1.807, 2.05) is 32.4 Å². The van der Waals surface area contributed by atoms with Crippen molar-refractivity contribution in [1.29, 1.82) is 0 Å². The van der Waals surface area contributed by atoms with Gasteiger partial charge >= 0.3 is 5.97 Å². The van der Waals surface area contributed by atoms with E-state index in [9.17, 15) is 4.79 Å². The third kappa shape index (κ3) is 4.55. The highest BCUT2D eigenvalue weighted by Gasteiger charge is 2.21. The highest BCUT2D eigenvalue weighted by molar-refractivity contribution is 7.80. The van der Waals surface area contributed by atoms with Crippen LogP contribution in [0.4, 0.5) is 10.7 Å². The minimum Gasteiger partial charge on any atom is -0.465 e. The third-order valence-corrected chi connectivity index (χ3v) is 6.40. The van der Waals surface area contributed by atoms with E-state index in [4.69, 9.17) is 17.0 Å². The first-order valence-corrected chi connectivity index (χ1v) is 10.8. The number of carbonyl (C=O) groups is 1. The number of carbonyl (C=O) groups excluding carboxylic acids is 1. The molecule has 2 N–H and O–H groups in total. The number of anilines is 2. The fourth-order valence-electron chi connectivity index (χ4n) is 3.21. The Labute approximate surface area is 186 Å². The molecule has 3 rings (SSSR count). The minimum absolute atomic E-state index is 0.375. The Balaban J connectivity index is 1.78. The molecule has 8 heteroatoms. The molecule has 3 aromatic rings. The number of thiocarbonyl (C=S) groups is 1. The first-order valence-electron chi connectivity index (χ1n) is 9.57. The summed E-state index contributed by atoms with van der Waals surface area (Å²) in [4.78, 5) is 13.2. The molecule has 1 aromatic carbocycles. The zero-order chi connectivity index (χ0) is 22.0. The second kappa shape index (κ2) is 8.97. The van der Waals surface area contributed by atoms with Crippen molar-refractivity contribution < 1.29 is 9.53 Å². The lowest BCUT2D eigenvalue weighted by Gasteiger charge is -2.11. The van der Waals surface area contributed by atoms with Gasteiger partial charge in [-0.15, -0.1) is 11.3 Å². The van der Waals surface area contributed by atoms with Crippen LogP contribution in [0.3, 0.4) is 0 Å². The molecule has 0 unspecified atom stereocenters. The number of aromatic nitrogens is 2. The van der Waals surface area contributed by atoms with Crippen molar-refractivity contribution in [3.05, 3.63) is 62.8 Å². The van der Waals surface area contributed by atoms with E-state index >= 15 is 0 Å². The van der Waals surface area contributed by atoms with Gasteiger partial charge in [-0.2, -0.15) is 5.10 Å². The van der Waals surface area contributed by atoms with E-state index in [0.29, 0.717) is 22.2 Å². The van der Waals surface area contributed by atoms with Crippen molar-refractivity contribution in [2.75, 3.05) is 17.7 Å². The molecule has 0 fully saturated rings. The van der Waals surface area contributed by atoms with Gasteiger partial charge in [-0.3, -0.25) is 4.68 Å². The van der Waals surface area contributed by atoms with Gasteiger partial charge in [-0.1, -0.05) is 29.8 Å². The Morgan fingerprint density at radius 2 is 1.80 bits per heavy atom. The Kier molecular flexibility index (Phi) is 6.58. The van der Waals surface area contributed by atoms with Crippen LogP contribution in [0.15, 0.2) is 24.3 Å². The number of ether oxygens (including phenoxy) is 1. The second-order valence-corrected chi connectivity index (χ2v) is 8.88. The van der Waals surface area contributed by atoms with E-state index < -0.39 is 0 Å². The topological polar surface area (TPSA) is 68.2 Å². The van der Waals surface area contributed by atoms with Gasteiger partial charge in [0.1, 0.15) is 5.00 Å². The molecule has 0 amide bonds. The summed E-state index contributed by atoms with van der Waals surface area (Å²) >= 11 is 7.00. The van der Waals surface area contributed by atoms with Crippen LogP contribution >= 0.6 is 23.6 Å². The van der Waals surface area contributed by atoms with Gasteiger partial charge in [0.25, 0.3) is 0 Å². The number of hydrogen-bond acceptors (Lipinski definition) is 5. The molecular formula is C22H26N4O2S2. The van der Waals surface area contributed by atoms with Crippen molar-refractivity contribution in [3.63, 3.8) is 0 Å². The summed E-state index contributed by atoms with van der Waals surface area (Å²) in [5.74, 6) is -0.375. The van der Waals surface area contributed by atoms with Crippen molar-refractivity contribution >= 4 is 45.3 Å². The Morgan fingerprint density at radius 1 is 1.13 bits per heavy atom. The van der Waals surface area contributed by atoms with Crippen LogP contribution in [0, 0.1) is 34.6 Å². The number of nitrogens with zero attached hydrogens (tertiary/aromatic N) is 2. The quantitative estimate of drug-likeness (QED) is 0.422. The molecule has 0 radical (unpaired) electrons. The molecule has 2 aromatic heterocycles. The molecule has 0 bridgehead atoms. The maximum atomic E-state index is 12.2. The van der Waals surface area contributed by atoms with Gasteiger partial charge in [-0.05, 0) is 58.0 Å². The summed E-state index contributed by atoms with van der Waals surface area (Å²) in [6.45, 7) is 10.6. The number of aryl methyl sites for hydroxylation is 3. The predicted octanol–water partition coefficient (Wildman–Crippen LogP) is 5.13. The monoisotopic (exact) mass is 442 g/mol. The smallest absolute Gasteiger partial charge is 0.341 e. The molecular weight excluding hydrogens is 416 g/mol. The van der Waals surface area contributed by atoms with Crippen LogP contribution in [0.1, 0.15) is 43.3 Å². The lowest BCUT2D eigenvalue weighted by Crippen LogP contribution is -2.21. The highest BCUT2D eigenvalue weighted by Crippen LogP contribution is 2.33. The highest BCUT2D eigenvalue weighted by atomic mass is 32.1. The molecule has 0 aliphatic carbocycles. The molecule has 6 nitrogen and oxygen atoms in total. The van der Waals surface area contributed by atoms with Crippen molar-refractivity contribution in [2.45, 2.75) is 41.2 Å². The maximum absolute atomic E-state index is 12.2. The molecule has 0 saturated carbocycles. The average Bonchev–Trinajstić information content (AvgIpc) is 3.12. The number of hydrogen-bond donors (Lipinski definition) is 2. The summed E-state index contributed by atoms with van der Waals surface area (Å²) in [5, 5.41) is 12.1. The largest absolute Gasteiger partial charge is 0.465 e. The van der Waals surface area contributed by atoms with Crippen molar-refractivity contribution in [2.24, 2.45) is 0 Å². The summed E-state index contributed by atoms with van der Waals surface area (Å²) in [6.07, 6.45) is 0. The van der Waals surface area contributed by atoms with Crippen LogP contribution in [-0.2, 0) is 11.3 Å². The fourth-order valence-corrected chi connectivity index (χ4v) is 4.53. The van der Waals surface area contributed by atoms with E-state index in [0.717, 1.165) is 27.5 Å². The summed E-state index contributed by atoms with van der Waals surface area (Å²) in [5.41, 5.74) is 6.55. The van der Waals surface area contributed by atoms with Crippen LogP contribution in [-0.4, -0.2) is 28.0 Å². The molecule has 0 aliphatic heterocycles. The number of esters is 1. The van der Waals surface area contributed by atoms with Gasteiger partial charge in [0.05, 0.1) is 36.3 Å². The molecule has 0 spiro atoms. The minimum atomic E-state index is -0.375. The molecule has 0 aliphatic rings. The fraction of sp³-hybridized carbons (Fsp3) is 0.318. The molecule has 0 atom stereocenters. The zero-order valence-electron chi connectivity index (χ0n) is 18.0. The standard InChI is InChI=1S/C22H26N4O2S2/c1-12-7-9-17(10-8-12)11-26-15(4)19(14(3)25-26)23-22(29)24-20-18(21(27)28-6)13(2)16(5)30-20/h7-10H,11H2,1-6H3,(H2,23,24,29). The van der Waals surface area contributed by atoms with E-state index in [1.54, 1.807) is 0 Å². The average molecular weight is 443 g/mol. The Bertz CT molecular complexity index is 1100.